The van der Waals surface area contributed by atoms with Crippen molar-refractivity contribution in [1.29, 1.82) is 0 Å². The maximum Gasteiger partial charge on any atom is 0.146 e. The summed E-state index contributed by atoms with van der Waals surface area (Å²) in [7, 11) is 0. The largest absolute Gasteiger partial charge is 0.399 e. The van der Waals surface area contributed by atoms with E-state index < -0.39 is 0 Å². The molecule has 2 heterocycles. The number of aliphatic hydroxyl groups is 1. The molecule has 1 aliphatic carbocycles. The van der Waals surface area contributed by atoms with E-state index in [-0.39, 0.29) is 12.1 Å². The van der Waals surface area contributed by atoms with E-state index in [0.29, 0.717) is 29.3 Å². The molecule has 1 aliphatic rings. The second kappa shape index (κ2) is 5.04. The number of aryl methyl sites for hydroxylation is 1. The zero-order valence-corrected chi connectivity index (χ0v) is 12.2. The third-order valence-corrected chi connectivity index (χ3v) is 4.21. The summed E-state index contributed by atoms with van der Waals surface area (Å²) in [6.45, 7) is 5.66. The van der Waals surface area contributed by atoms with Gasteiger partial charge in [-0.3, -0.25) is 0 Å². The molecule has 0 aliphatic heterocycles. The van der Waals surface area contributed by atoms with E-state index in [4.69, 9.17) is 11.5 Å². The summed E-state index contributed by atoms with van der Waals surface area (Å²) in [5, 5.41) is 10.8. The minimum Gasteiger partial charge on any atom is -0.399 e. The lowest BCUT2D eigenvalue weighted by Gasteiger charge is -2.28. The quantitative estimate of drug-likeness (QED) is 0.780. The molecule has 3 rings (SSSR count). The first-order valence-electron chi connectivity index (χ1n) is 7.25. The predicted octanol–water partition coefficient (Wildman–Crippen LogP) is 1.73. The summed E-state index contributed by atoms with van der Waals surface area (Å²) in [4.78, 5) is 8.77. The first-order chi connectivity index (χ1) is 9.99. The molecule has 0 spiro atoms. The van der Waals surface area contributed by atoms with E-state index in [2.05, 4.69) is 16.5 Å². The fraction of sp³-hybridized carbons (Fsp3) is 0.467. The van der Waals surface area contributed by atoms with Gasteiger partial charge in [0, 0.05) is 28.9 Å². The Morgan fingerprint density at radius 1 is 1.48 bits per heavy atom. The number of rotatable bonds is 2. The van der Waals surface area contributed by atoms with Crippen LogP contribution in [0.3, 0.4) is 0 Å². The van der Waals surface area contributed by atoms with Crippen LogP contribution in [-0.2, 0) is 0 Å². The normalized spacial score (nSPS) is 22.6. The van der Waals surface area contributed by atoms with Gasteiger partial charge in [0.05, 0.1) is 6.10 Å². The lowest BCUT2D eigenvalue weighted by atomic mass is 9.93. The van der Waals surface area contributed by atoms with E-state index >= 15 is 0 Å². The molecule has 21 heavy (non-hydrogen) atoms. The Morgan fingerprint density at radius 3 is 2.90 bits per heavy atom. The van der Waals surface area contributed by atoms with Crippen LogP contribution in [0.25, 0.3) is 16.7 Å². The van der Waals surface area contributed by atoms with Crippen LogP contribution < -0.4 is 11.5 Å². The number of fused-ring (bicyclic) bond motifs is 1. The van der Waals surface area contributed by atoms with Crippen molar-refractivity contribution < 1.29 is 5.11 Å². The minimum absolute atomic E-state index is 0.138. The Bertz CT molecular complexity index is 706. The maximum atomic E-state index is 9.95. The molecule has 2 aromatic heterocycles. The minimum atomic E-state index is -0.284. The smallest absolute Gasteiger partial charge is 0.146 e. The number of aromatic nitrogens is 3. The average molecular weight is 287 g/mol. The number of anilines is 1. The highest BCUT2D eigenvalue weighted by molar-refractivity contribution is 5.95. The second-order valence-electron chi connectivity index (χ2n) is 5.78. The van der Waals surface area contributed by atoms with Gasteiger partial charge in [-0.2, -0.15) is 0 Å². The van der Waals surface area contributed by atoms with Gasteiger partial charge in [0.1, 0.15) is 17.3 Å². The molecule has 2 unspecified atom stereocenters. The zero-order valence-electron chi connectivity index (χ0n) is 12.2. The third kappa shape index (κ3) is 2.25. The van der Waals surface area contributed by atoms with Gasteiger partial charge in [-0.05, 0) is 32.6 Å². The SMILES string of the molecule is C=C(N)c1c(N)n(C2CCCC(O)C2)c2nc(C)ncc12. The standard InChI is InChI=1S/C15H21N5O/c1-8(16)13-12-7-18-9(2)19-15(12)20(14(13)17)10-4-3-5-11(21)6-10/h7,10-11,21H,1,3-6,16-17H2,2H3. The highest BCUT2D eigenvalue weighted by atomic mass is 16.3. The van der Waals surface area contributed by atoms with Gasteiger partial charge in [0.2, 0.25) is 0 Å². The van der Waals surface area contributed by atoms with Crippen LogP contribution in [0, 0.1) is 6.92 Å². The van der Waals surface area contributed by atoms with Crippen molar-refractivity contribution in [2.24, 2.45) is 5.73 Å². The average Bonchev–Trinajstić information content (AvgIpc) is 2.70. The summed E-state index contributed by atoms with van der Waals surface area (Å²) in [6.07, 6.45) is 4.96. The number of nitrogens with two attached hydrogens (primary N) is 2. The Kier molecular flexibility index (Phi) is 3.33. The highest BCUT2D eigenvalue weighted by Gasteiger charge is 2.27. The van der Waals surface area contributed by atoms with E-state index in [1.165, 1.54) is 0 Å². The topological polar surface area (TPSA) is 103 Å². The lowest BCUT2D eigenvalue weighted by Crippen LogP contribution is -2.23. The molecule has 0 saturated heterocycles. The number of nitrogen functional groups attached to an aromatic ring is 1. The first-order valence-corrected chi connectivity index (χ1v) is 7.25. The molecule has 1 saturated carbocycles. The van der Waals surface area contributed by atoms with Crippen molar-refractivity contribution in [3.63, 3.8) is 0 Å². The molecule has 5 N–H and O–H groups in total. The van der Waals surface area contributed by atoms with Gasteiger partial charge >= 0.3 is 0 Å². The van der Waals surface area contributed by atoms with Crippen molar-refractivity contribution in [2.45, 2.75) is 44.8 Å². The Hall–Kier alpha value is -2.08. The number of hydrogen-bond acceptors (Lipinski definition) is 5. The summed E-state index contributed by atoms with van der Waals surface area (Å²) < 4.78 is 2.00. The van der Waals surface area contributed by atoms with Crippen molar-refractivity contribution in [3.8, 4) is 0 Å². The monoisotopic (exact) mass is 287 g/mol. The van der Waals surface area contributed by atoms with Gasteiger partial charge in [-0.25, -0.2) is 9.97 Å². The van der Waals surface area contributed by atoms with Crippen molar-refractivity contribution >= 4 is 22.5 Å². The van der Waals surface area contributed by atoms with E-state index in [1.54, 1.807) is 6.20 Å². The Morgan fingerprint density at radius 2 is 2.24 bits per heavy atom. The van der Waals surface area contributed by atoms with E-state index in [9.17, 15) is 5.11 Å². The number of nitrogens with zero attached hydrogens (tertiary/aromatic N) is 3. The molecule has 1 fully saturated rings. The van der Waals surface area contributed by atoms with Gasteiger partial charge in [0.25, 0.3) is 0 Å². The van der Waals surface area contributed by atoms with Crippen LogP contribution in [0.2, 0.25) is 0 Å². The summed E-state index contributed by atoms with van der Waals surface area (Å²) in [5.41, 5.74) is 14.1. The molecule has 6 heteroatoms. The molecule has 6 nitrogen and oxygen atoms in total. The first kappa shape index (κ1) is 13.9. The molecule has 0 radical (unpaired) electrons. The van der Waals surface area contributed by atoms with Crippen molar-refractivity contribution in [1.82, 2.24) is 14.5 Å². The summed E-state index contributed by atoms with van der Waals surface area (Å²) in [6, 6.07) is 0.138. The molecule has 112 valence electrons. The van der Waals surface area contributed by atoms with Crippen LogP contribution in [0.5, 0.6) is 0 Å². The number of hydrogen-bond donors (Lipinski definition) is 3. The second-order valence-corrected chi connectivity index (χ2v) is 5.78. The fourth-order valence-corrected chi connectivity index (χ4v) is 3.27. The highest BCUT2D eigenvalue weighted by Crippen LogP contribution is 2.38. The Balaban J connectivity index is 2.23. The number of aliphatic hydroxyl groups excluding tert-OH is 1. The predicted molar refractivity (Wildman–Crippen MR) is 83.4 cm³/mol. The molecule has 2 aromatic rings. The lowest BCUT2D eigenvalue weighted by molar-refractivity contribution is 0.105. The third-order valence-electron chi connectivity index (χ3n) is 4.21. The molecule has 2 atom stereocenters. The molecule has 0 amide bonds. The molecule has 0 aromatic carbocycles. The van der Waals surface area contributed by atoms with Gasteiger partial charge in [-0.15, -0.1) is 0 Å². The van der Waals surface area contributed by atoms with Crippen molar-refractivity contribution in [2.75, 3.05) is 5.73 Å². The maximum absolute atomic E-state index is 9.95. The van der Waals surface area contributed by atoms with Crippen LogP contribution in [0.15, 0.2) is 12.8 Å². The fourth-order valence-electron chi connectivity index (χ4n) is 3.27. The van der Waals surface area contributed by atoms with Crippen LogP contribution in [0.1, 0.15) is 43.1 Å². The van der Waals surface area contributed by atoms with E-state index in [0.717, 1.165) is 30.3 Å². The van der Waals surface area contributed by atoms with Crippen LogP contribution in [0.4, 0.5) is 5.82 Å². The molecule has 0 bridgehead atoms. The van der Waals surface area contributed by atoms with Gasteiger partial charge < -0.3 is 21.1 Å². The van der Waals surface area contributed by atoms with Gasteiger partial charge in [0.15, 0.2) is 0 Å². The van der Waals surface area contributed by atoms with Crippen molar-refractivity contribution in [3.05, 3.63) is 24.2 Å². The molecular formula is C15H21N5O. The summed E-state index contributed by atoms with van der Waals surface area (Å²) in [5.74, 6) is 1.25. The zero-order chi connectivity index (χ0) is 15.1. The van der Waals surface area contributed by atoms with Gasteiger partial charge in [-0.1, -0.05) is 6.58 Å². The molecular weight excluding hydrogens is 266 g/mol. The van der Waals surface area contributed by atoms with Crippen LogP contribution in [-0.4, -0.2) is 25.7 Å². The van der Waals surface area contributed by atoms with E-state index in [1.807, 2.05) is 11.5 Å². The van der Waals surface area contributed by atoms with Crippen LogP contribution >= 0.6 is 0 Å². The summed E-state index contributed by atoms with van der Waals surface area (Å²) >= 11 is 0. The Labute approximate surface area is 123 Å².